The van der Waals surface area contributed by atoms with Crippen LogP contribution in [0.2, 0.25) is 0 Å². The van der Waals surface area contributed by atoms with Gasteiger partial charge in [0.05, 0.1) is 17.2 Å². The van der Waals surface area contributed by atoms with Crippen molar-refractivity contribution in [2.45, 2.75) is 45.0 Å². The summed E-state index contributed by atoms with van der Waals surface area (Å²) in [5.41, 5.74) is 2.01. The molecular weight excluding hydrogens is 308 g/mol. The highest BCUT2D eigenvalue weighted by Gasteiger charge is 2.40. The van der Waals surface area contributed by atoms with Gasteiger partial charge < -0.3 is 9.64 Å². The van der Waals surface area contributed by atoms with Gasteiger partial charge in [-0.25, -0.2) is 0 Å². The lowest BCUT2D eigenvalue weighted by Gasteiger charge is -2.24. The molecule has 1 unspecified atom stereocenters. The summed E-state index contributed by atoms with van der Waals surface area (Å²) in [4.78, 5) is 19.6. The molecule has 1 fully saturated rings. The predicted molar refractivity (Wildman–Crippen MR) is 95.4 cm³/mol. The fourth-order valence-electron chi connectivity index (χ4n) is 2.79. The second-order valence-corrected chi connectivity index (χ2v) is 6.95. The highest BCUT2D eigenvalue weighted by Crippen LogP contribution is 2.44. The summed E-state index contributed by atoms with van der Waals surface area (Å²) in [5, 5.41) is 0.118. The predicted octanol–water partition coefficient (Wildman–Crippen LogP) is 4.15. The summed E-state index contributed by atoms with van der Waals surface area (Å²) in [6, 6.07) is 8.34. The van der Waals surface area contributed by atoms with Gasteiger partial charge in [-0.3, -0.25) is 9.79 Å². The number of nitrogens with zero attached hydrogens (tertiary/aromatic N) is 2. The average molecular weight is 330 g/mol. The van der Waals surface area contributed by atoms with Crippen LogP contribution in [0.5, 0.6) is 5.75 Å². The van der Waals surface area contributed by atoms with Crippen molar-refractivity contribution in [3.8, 4) is 5.75 Å². The zero-order chi connectivity index (χ0) is 16.4. The molecular formula is C18H22N2O2S. The van der Waals surface area contributed by atoms with Crippen LogP contribution in [0.15, 0.2) is 39.9 Å². The molecule has 3 rings (SSSR count). The lowest BCUT2D eigenvalue weighted by molar-refractivity contribution is -0.113. The molecule has 1 saturated carbocycles. The minimum atomic E-state index is 0.118. The lowest BCUT2D eigenvalue weighted by atomic mass is 10.3. The smallest absolute Gasteiger partial charge is 0.167 e. The number of hydrogen-bond acceptors (Lipinski definition) is 5. The second kappa shape index (κ2) is 6.79. The van der Waals surface area contributed by atoms with Gasteiger partial charge in [0.2, 0.25) is 0 Å². The molecule has 1 aliphatic heterocycles. The number of ether oxygens (including phenoxy) is 1. The molecule has 0 radical (unpaired) electrons. The number of benzene rings is 1. The fourth-order valence-corrected chi connectivity index (χ4v) is 4.04. The zero-order valence-corrected chi connectivity index (χ0v) is 14.6. The first-order chi connectivity index (χ1) is 11.1. The molecule has 4 nitrogen and oxygen atoms in total. The highest BCUT2D eigenvalue weighted by atomic mass is 32.2. The first-order valence-corrected chi connectivity index (χ1v) is 8.92. The van der Waals surface area contributed by atoms with E-state index in [-0.39, 0.29) is 11.2 Å². The van der Waals surface area contributed by atoms with E-state index in [0.717, 1.165) is 22.0 Å². The molecule has 0 amide bonds. The maximum atomic E-state index is 11.8. The third-order valence-electron chi connectivity index (χ3n) is 3.99. The Hall–Kier alpha value is -1.75. The molecule has 0 N–H and O–H groups in total. The number of carbonyl (C=O) groups excluding carboxylic acids is 1. The quantitative estimate of drug-likeness (QED) is 0.735. The number of hydrogen-bond donors (Lipinski definition) is 0. The summed E-state index contributed by atoms with van der Waals surface area (Å²) >= 11 is 1.62. The van der Waals surface area contributed by atoms with Gasteiger partial charge in [0.15, 0.2) is 5.78 Å². The van der Waals surface area contributed by atoms with Crippen molar-refractivity contribution in [2.75, 3.05) is 6.61 Å². The third kappa shape index (κ3) is 3.61. The first-order valence-electron chi connectivity index (χ1n) is 8.04. The van der Waals surface area contributed by atoms with Crippen molar-refractivity contribution < 1.29 is 9.53 Å². The molecule has 2 aliphatic rings. The van der Waals surface area contributed by atoms with E-state index >= 15 is 0 Å². The van der Waals surface area contributed by atoms with Gasteiger partial charge in [-0.05, 0) is 57.9 Å². The van der Waals surface area contributed by atoms with Crippen LogP contribution in [-0.4, -0.2) is 34.9 Å². The van der Waals surface area contributed by atoms with Crippen LogP contribution >= 0.6 is 11.8 Å². The number of allylic oxidation sites excluding steroid dienone is 2. The summed E-state index contributed by atoms with van der Waals surface area (Å²) in [6.45, 7) is 6.32. The fraction of sp³-hybridized carbons (Fsp3) is 0.444. The monoisotopic (exact) mass is 330 g/mol. The molecule has 5 heteroatoms. The molecule has 0 spiro atoms. The van der Waals surface area contributed by atoms with Gasteiger partial charge >= 0.3 is 0 Å². The Morgan fingerprint density at radius 1 is 1.39 bits per heavy atom. The van der Waals surface area contributed by atoms with Crippen LogP contribution in [-0.2, 0) is 4.79 Å². The van der Waals surface area contributed by atoms with Gasteiger partial charge in [0.25, 0.3) is 0 Å². The normalized spacial score (nSPS) is 21.3. The van der Waals surface area contributed by atoms with E-state index in [1.54, 1.807) is 18.7 Å². The van der Waals surface area contributed by atoms with Gasteiger partial charge in [-0.1, -0.05) is 11.8 Å². The highest BCUT2D eigenvalue weighted by molar-refractivity contribution is 8.05. The summed E-state index contributed by atoms with van der Waals surface area (Å²) in [5.74, 6) is 1.01. The van der Waals surface area contributed by atoms with Crippen molar-refractivity contribution in [1.82, 2.24) is 4.90 Å². The van der Waals surface area contributed by atoms with Crippen LogP contribution in [0.25, 0.3) is 0 Å². The van der Waals surface area contributed by atoms with E-state index < -0.39 is 0 Å². The van der Waals surface area contributed by atoms with Crippen molar-refractivity contribution >= 4 is 29.4 Å². The van der Waals surface area contributed by atoms with Gasteiger partial charge in [0.1, 0.15) is 11.1 Å². The molecule has 1 aliphatic carbocycles. The molecule has 0 bridgehead atoms. The first kappa shape index (κ1) is 16.1. The molecule has 0 saturated heterocycles. The van der Waals surface area contributed by atoms with Gasteiger partial charge in [0, 0.05) is 18.0 Å². The van der Waals surface area contributed by atoms with E-state index in [1.807, 2.05) is 44.3 Å². The van der Waals surface area contributed by atoms with E-state index in [9.17, 15) is 4.79 Å². The molecule has 1 heterocycles. The van der Waals surface area contributed by atoms with Gasteiger partial charge in [-0.2, -0.15) is 0 Å². The van der Waals surface area contributed by atoms with Crippen LogP contribution in [0, 0.1) is 0 Å². The third-order valence-corrected chi connectivity index (χ3v) is 5.40. The largest absolute Gasteiger partial charge is 0.494 e. The lowest BCUT2D eigenvalue weighted by Crippen LogP contribution is -2.30. The SMILES string of the molecule is CCOc1ccc(N=CC2SC(C(C)=O)=C(C)N2C2CC2)cc1. The van der Waals surface area contributed by atoms with Crippen molar-refractivity contribution in [3.05, 3.63) is 34.9 Å². The van der Waals surface area contributed by atoms with Crippen LogP contribution in [0.1, 0.15) is 33.6 Å². The standard InChI is InChI=1S/C18H22N2O2S/c1-4-22-16-9-5-14(6-10-16)19-11-17-20(15-7-8-15)12(2)18(23-17)13(3)21/h5-6,9-11,15,17H,4,7-8H2,1-3H3. The number of carbonyl (C=O) groups is 1. The molecule has 1 aromatic carbocycles. The summed E-state index contributed by atoms with van der Waals surface area (Å²) in [6.07, 6.45) is 4.37. The Morgan fingerprint density at radius 3 is 2.65 bits per heavy atom. The minimum absolute atomic E-state index is 0.118. The Morgan fingerprint density at radius 2 is 2.09 bits per heavy atom. The number of aliphatic imine (C=N–C) groups is 1. The Labute approximate surface area is 141 Å². The van der Waals surface area contributed by atoms with E-state index in [1.165, 1.54) is 12.8 Å². The zero-order valence-electron chi connectivity index (χ0n) is 13.8. The maximum Gasteiger partial charge on any atom is 0.167 e. The van der Waals surface area contributed by atoms with Crippen molar-refractivity contribution in [1.29, 1.82) is 0 Å². The van der Waals surface area contributed by atoms with E-state index in [2.05, 4.69) is 9.89 Å². The summed E-state index contributed by atoms with van der Waals surface area (Å²) in [7, 11) is 0. The summed E-state index contributed by atoms with van der Waals surface area (Å²) < 4.78 is 5.44. The number of rotatable bonds is 6. The van der Waals surface area contributed by atoms with Crippen molar-refractivity contribution in [2.24, 2.45) is 4.99 Å². The Bertz CT molecular complexity index is 647. The van der Waals surface area contributed by atoms with Crippen LogP contribution < -0.4 is 4.74 Å². The number of Topliss-reactive ketones (excluding diaryl/α,β-unsaturated/α-hetero) is 1. The Kier molecular flexibility index (Phi) is 4.76. The topological polar surface area (TPSA) is 41.9 Å². The molecule has 23 heavy (non-hydrogen) atoms. The van der Waals surface area contributed by atoms with E-state index in [4.69, 9.17) is 4.74 Å². The minimum Gasteiger partial charge on any atom is -0.494 e. The molecule has 122 valence electrons. The Balaban J connectivity index is 1.73. The van der Waals surface area contributed by atoms with Crippen molar-refractivity contribution in [3.63, 3.8) is 0 Å². The molecule has 1 aromatic rings. The average Bonchev–Trinajstić information content (AvgIpc) is 3.30. The number of ketones is 1. The maximum absolute atomic E-state index is 11.8. The van der Waals surface area contributed by atoms with Crippen LogP contribution in [0.4, 0.5) is 5.69 Å². The van der Waals surface area contributed by atoms with E-state index in [0.29, 0.717) is 12.6 Å². The molecule has 0 aromatic heterocycles. The number of thioether (sulfide) groups is 1. The molecule has 1 atom stereocenters. The second-order valence-electron chi connectivity index (χ2n) is 5.82. The van der Waals surface area contributed by atoms with Crippen LogP contribution in [0.3, 0.4) is 0 Å². The van der Waals surface area contributed by atoms with Gasteiger partial charge in [-0.15, -0.1) is 0 Å².